The molecule has 0 unspecified atom stereocenters. The molecule has 2 rings (SSSR count). The Bertz CT molecular complexity index is 557. The van der Waals surface area contributed by atoms with Crippen LogP contribution in [0.25, 0.3) is 0 Å². The van der Waals surface area contributed by atoms with Crippen LogP contribution in [0.15, 0.2) is 36.4 Å². The zero-order chi connectivity index (χ0) is 13.8. The number of hydrogen-bond donors (Lipinski definition) is 2. The molecule has 2 N–H and O–H groups in total. The van der Waals surface area contributed by atoms with Crippen molar-refractivity contribution in [1.82, 2.24) is 4.73 Å². The second-order valence-corrected chi connectivity index (χ2v) is 5.18. The Morgan fingerprint density at radius 1 is 1.11 bits per heavy atom. The zero-order valence-corrected chi connectivity index (χ0v) is 12.1. The summed E-state index contributed by atoms with van der Waals surface area (Å²) >= 11 is 2.21. The molecule has 0 spiro atoms. The summed E-state index contributed by atoms with van der Waals surface area (Å²) in [6.45, 7) is 0. The summed E-state index contributed by atoms with van der Waals surface area (Å²) in [7, 11) is 0. The molecule has 19 heavy (non-hydrogen) atoms. The lowest BCUT2D eigenvalue weighted by Crippen LogP contribution is -2.19. The van der Waals surface area contributed by atoms with Gasteiger partial charge in [0.25, 0.3) is 0 Å². The molecule has 0 bridgehead atoms. The number of rotatable bonds is 4. The summed E-state index contributed by atoms with van der Waals surface area (Å²) in [5.41, 5.74) is 1.03. The smallest absolute Gasteiger partial charge is 0.333 e. The molecule has 0 aliphatic carbocycles. The van der Waals surface area contributed by atoms with Crippen molar-refractivity contribution in [2.75, 3.05) is 0 Å². The molecule has 1 aromatic heterocycles. The molecule has 0 aliphatic rings. The first-order chi connectivity index (χ1) is 9.06. The molecule has 0 amide bonds. The van der Waals surface area contributed by atoms with E-state index in [1.165, 1.54) is 12.1 Å². The van der Waals surface area contributed by atoms with Crippen molar-refractivity contribution in [1.29, 1.82) is 0 Å². The molecule has 0 saturated carbocycles. The number of nitrogens with zero attached hydrogens (tertiary/aromatic N) is 1. The van der Waals surface area contributed by atoms with Crippen LogP contribution in [0.1, 0.15) is 12.0 Å². The number of aromatic hydroxyl groups is 2. The first-order valence-electron chi connectivity index (χ1n) is 5.61. The van der Waals surface area contributed by atoms with Crippen molar-refractivity contribution >= 4 is 28.6 Å². The van der Waals surface area contributed by atoms with Gasteiger partial charge < -0.3 is 15.1 Å². The van der Waals surface area contributed by atoms with Crippen LogP contribution in [0, 0.1) is 3.57 Å². The lowest BCUT2D eigenvalue weighted by Gasteiger charge is -2.06. The van der Waals surface area contributed by atoms with Crippen LogP contribution in [0.3, 0.4) is 0 Å². The van der Waals surface area contributed by atoms with Gasteiger partial charge in [-0.25, -0.2) is 4.79 Å². The third kappa shape index (κ3) is 3.63. The van der Waals surface area contributed by atoms with Crippen molar-refractivity contribution in [2.24, 2.45) is 0 Å². The van der Waals surface area contributed by atoms with E-state index in [-0.39, 0.29) is 18.2 Å². The van der Waals surface area contributed by atoms with E-state index < -0.39 is 5.97 Å². The maximum atomic E-state index is 11.6. The molecule has 0 saturated heterocycles. The van der Waals surface area contributed by atoms with Gasteiger partial charge >= 0.3 is 5.97 Å². The molecule has 0 radical (unpaired) electrons. The topological polar surface area (TPSA) is 71.7 Å². The average molecular weight is 373 g/mol. The third-order valence-corrected chi connectivity index (χ3v) is 3.24. The second-order valence-electron chi connectivity index (χ2n) is 3.93. The standard InChI is InChI=1S/C13H12INO4/c14-10-4-1-9(2-5-10)3-8-13(18)19-15-11(16)6-7-12(15)17/h1-2,4-7,16-17H,3,8H2. The van der Waals surface area contributed by atoms with E-state index in [2.05, 4.69) is 22.6 Å². The van der Waals surface area contributed by atoms with E-state index in [0.717, 1.165) is 9.13 Å². The fourth-order valence-corrected chi connectivity index (χ4v) is 1.90. The summed E-state index contributed by atoms with van der Waals surface area (Å²) in [6, 6.07) is 10.3. The molecular weight excluding hydrogens is 361 g/mol. The van der Waals surface area contributed by atoms with E-state index >= 15 is 0 Å². The van der Waals surface area contributed by atoms with Crippen LogP contribution in [-0.4, -0.2) is 20.9 Å². The quantitative estimate of drug-likeness (QED) is 0.806. The molecule has 0 atom stereocenters. The Kier molecular flexibility index (Phi) is 4.31. The molecule has 0 fully saturated rings. The van der Waals surface area contributed by atoms with Gasteiger partial charge in [-0.1, -0.05) is 12.1 Å². The molecule has 100 valence electrons. The first-order valence-corrected chi connectivity index (χ1v) is 6.69. The second kappa shape index (κ2) is 5.96. The maximum Gasteiger partial charge on any atom is 0.333 e. The van der Waals surface area contributed by atoms with E-state index in [4.69, 9.17) is 4.84 Å². The van der Waals surface area contributed by atoms with Gasteiger partial charge in [0.2, 0.25) is 11.8 Å². The normalized spacial score (nSPS) is 10.4. The molecule has 6 heteroatoms. The largest absolute Gasteiger partial charge is 0.492 e. The third-order valence-electron chi connectivity index (χ3n) is 2.52. The number of benzene rings is 1. The molecule has 0 aliphatic heterocycles. The number of halogens is 1. The van der Waals surface area contributed by atoms with Gasteiger partial charge in [-0.05, 0) is 46.7 Å². The van der Waals surface area contributed by atoms with E-state index in [9.17, 15) is 15.0 Å². The summed E-state index contributed by atoms with van der Waals surface area (Å²) in [4.78, 5) is 16.4. The Hall–Kier alpha value is -1.70. The Balaban J connectivity index is 1.90. The summed E-state index contributed by atoms with van der Waals surface area (Å²) in [5, 5.41) is 18.6. The van der Waals surface area contributed by atoms with E-state index in [1.54, 1.807) is 0 Å². The monoisotopic (exact) mass is 373 g/mol. The Labute approximate surface area is 123 Å². The average Bonchev–Trinajstić information content (AvgIpc) is 2.70. The van der Waals surface area contributed by atoms with Gasteiger partial charge in [-0.3, -0.25) is 0 Å². The van der Waals surface area contributed by atoms with Gasteiger partial charge in [0.05, 0.1) is 6.42 Å². The Morgan fingerprint density at radius 2 is 1.68 bits per heavy atom. The summed E-state index contributed by atoms with van der Waals surface area (Å²) < 4.78 is 1.82. The summed E-state index contributed by atoms with van der Waals surface area (Å²) in [5.74, 6) is -1.17. The number of aryl methyl sites for hydroxylation is 1. The van der Waals surface area contributed by atoms with Crippen molar-refractivity contribution in [3.63, 3.8) is 0 Å². The predicted octanol–water partition coefficient (Wildman–Crippen LogP) is 2.09. The lowest BCUT2D eigenvalue weighted by atomic mass is 10.1. The fourth-order valence-electron chi connectivity index (χ4n) is 1.54. The highest BCUT2D eigenvalue weighted by Crippen LogP contribution is 2.19. The van der Waals surface area contributed by atoms with Gasteiger partial charge in [0.1, 0.15) is 0 Å². The van der Waals surface area contributed by atoms with Gasteiger partial charge in [0.15, 0.2) is 0 Å². The molecule has 2 aromatic rings. The van der Waals surface area contributed by atoms with Crippen LogP contribution < -0.4 is 4.84 Å². The van der Waals surface area contributed by atoms with Crippen LogP contribution in [-0.2, 0) is 11.2 Å². The van der Waals surface area contributed by atoms with Crippen LogP contribution in [0.5, 0.6) is 11.8 Å². The number of carbonyl (C=O) groups is 1. The highest BCUT2D eigenvalue weighted by atomic mass is 127. The maximum absolute atomic E-state index is 11.6. The SMILES string of the molecule is O=C(CCc1ccc(I)cc1)On1c(O)ccc1O. The van der Waals surface area contributed by atoms with Gasteiger partial charge in [-0.15, -0.1) is 4.73 Å². The van der Waals surface area contributed by atoms with Crippen molar-refractivity contribution < 1.29 is 19.8 Å². The minimum absolute atomic E-state index is 0.164. The van der Waals surface area contributed by atoms with Crippen molar-refractivity contribution in [2.45, 2.75) is 12.8 Å². The number of carbonyl (C=O) groups excluding carboxylic acids is 1. The van der Waals surface area contributed by atoms with Crippen LogP contribution in [0.4, 0.5) is 0 Å². The van der Waals surface area contributed by atoms with Gasteiger partial charge in [0, 0.05) is 15.7 Å². The van der Waals surface area contributed by atoms with Crippen molar-refractivity contribution in [3.8, 4) is 11.8 Å². The lowest BCUT2D eigenvalue weighted by molar-refractivity contribution is -0.145. The van der Waals surface area contributed by atoms with Crippen molar-refractivity contribution in [3.05, 3.63) is 45.5 Å². The minimum atomic E-state index is -0.527. The number of aromatic nitrogens is 1. The van der Waals surface area contributed by atoms with Crippen LogP contribution in [0.2, 0.25) is 0 Å². The molecule has 5 nitrogen and oxygen atoms in total. The highest BCUT2D eigenvalue weighted by Gasteiger charge is 2.12. The first kappa shape index (κ1) is 13.7. The molecular formula is C13H12INO4. The predicted molar refractivity (Wildman–Crippen MR) is 76.8 cm³/mol. The summed E-state index contributed by atoms with van der Waals surface area (Å²) in [6.07, 6.45) is 0.705. The van der Waals surface area contributed by atoms with E-state index in [0.29, 0.717) is 11.2 Å². The zero-order valence-electron chi connectivity index (χ0n) is 9.91. The Morgan fingerprint density at radius 3 is 2.26 bits per heavy atom. The fraction of sp³-hybridized carbons (Fsp3) is 0.154. The highest BCUT2D eigenvalue weighted by molar-refractivity contribution is 14.1. The van der Waals surface area contributed by atoms with E-state index in [1.807, 2.05) is 24.3 Å². The van der Waals surface area contributed by atoms with Crippen LogP contribution >= 0.6 is 22.6 Å². The molecule has 1 aromatic carbocycles. The molecule has 1 heterocycles. The minimum Gasteiger partial charge on any atom is -0.492 e. The van der Waals surface area contributed by atoms with Gasteiger partial charge in [-0.2, -0.15) is 0 Å². The number of hydrogen-bond acceptors (Lipinski definition) is 4.